The zero-order chi connectivity index (χ0) is 24.8. The number of benzene rings is 3. The predicted octanol–water partition coefficient (Wildman–Crippen LogP) is 8.34. The second-order valence-electron chi connectivity index (χ2n) is 12.8. The average Bonchev–Trinajstić information content (AvgIpc) is 2.82. The van der Waals surface area contributed by atoms with Crippen molar-refractivity contribution < 1.29 is 0 Å². The molecule has 0 bridgehead atoms. The maximum atomic E-state index is 2.50. The summed E-state index contributed by atoms with van der Waals surface area (Å²) in [6.07, 6.45) is 10.3. The first-order valence-electron chi connectivity index (χ1n) is 13.8. The Labute approximate surface area is 215 Å². The fraction of sp³-hybridized carbons (Fsp3) is 0.471. The molecule has 1 heteroatoms. The van der Waals surface area contributed by atoms with Crippen LogP contribution in [0.25, 0.3) is 11.1 Å². The Kier molecular flexibility index (Phi) is 6.74. The van der Waals surface area contributed by atoms with Crippen LogP contribution in [-0.2, 0) is 36.5 Å². The van der Waals surface area contributed by atoms with Crippen molar-refractivity contribution in [3.8, 4) is 11.1 Å². The van der Waals surface area contributed by atoms with Gasteiger partial charge in [0.05, 0.1) is 0 Å². The topological polar surface area (TPSA) is 0 Å². The van der Waals surface area contributed by atoms with Crippen LogP contribution in [0.5, 0.6) is 0 Å². The number of hydrogen-bond donors (Lipinski definition) is 0. The van der Waals surface area contributed by atoms with Gasteiger partial charge in [-0.1, -0.05) is 98.7 Å². The number of hydrogen-bond acceptors (Lipinski definition) is 0. The molecule has 0 heterocycles. The van der Waals surface area contributed by atoms with E-state index in [2.05, 4.69) is 90.1 Å². The molecule has 0 saturated carbocycles. The molecule has 5 rings (SSSR count). The van der Waals surface area contributed by atoms with E-state index in [0.29, 0.717) is 8.58 Å². The van der Waals surface area contributed by atoms with Gasteiger partial charge in [0.2, 0.25) is 0 Å². The molecule has 0 amide bonds. The average molecular weight is 483 g/mol. The van der Waals surface area contributed by atoms with E-state index < -0.39 is 0 Å². The van der Waals surface area contributed by atoms with Gasteiger partial charge in [-0.2, -0.15) is 0 Å². The third kappa shape index (κ3) is 4.89. The summed E-state index contributed by atoms with van der Waals surface area (Å²) in [7, 11) is 0.683. The quantitative estimate of drug-likeness (QED) is 0.329. The molecular formula is C34H43P. The minimum absolute atomic E-state index is 0.118. The highest BCUT2D eigenvalue weighted by atomic mass is 31.1. The lowest BCUT2D eigenvalue weighted by molar-refractivity contribution is 0.533. The molecule has 0 aromatic heterocycles. The van der Waals surface area contributed by atoms with E-state index in [1.807, 2.05) is 0 Å². The third-order valence-electron chi connectivity index (χ3n) is 8.09. The van der Waals surface area contributed by atoms with Gasteiger partial charge in [-0.05, 0) is 117 Å². The van der Waals surface area contributed by atoms with Crippen LogP contribution in [0, 0.1) is 0 Å². The van der Waals surface area contributed by atoms with Gasteiger partial charge in [0, 0.05) is 0 Å². The second-order valence-corrected chi connectivity index (χ2v) is 14.2. The molecule has 0 N–H and O–H groups in total. The summed E-state index contributed by atoms with van der Waals surface area (Å²) in [6.45, 7) is 14.3. The molecule has 0 nitrogen and oxygen atoms in total. The highest BCUT2D eigenvalue weighted by Gasteiger charge is 2.29. The van der Waals surface area contributed by atoms with E-state index in [1.165, 1.54) is 62.2 Å². The van der Waals surface area contributed by atoms with Crippen molar-refractivity contribution in [2.45, 2.75) is 104 Å². The molecule has 3 aromatic carbocycles. The SMILES string of the molecule is CC(C)(C)c1cccc(Pc2ccc3c(c2-c2cccc4c2CCCC4)CCCC3)c1C(C)(C)C. The van der Waals surface area contributed by atoms with Crippen molar-refractivity contribution in [3.63, 3.8) is 0 Å². The zero-order valence-electron chi connectivity index (χ0n) is 22.8. The fourth-order valence-corrected chi connectivity index (χ4v) is 8.17. The summed E-state index contributed by atoms with van der Waals surface area (Å²) in [4.78, 5) is 0. The molecule has 2 aliphatic rings. The zero-order valence-corrected chi connectivity index (χ0v) is 23.8. The van der Waals surface area contributed by atoms with E-state index in [9.17, 15) is 0 Å². The third-order valence-corrected chi connectivity index (χ3v) is 9.46. The summed E-state index contributed by atoms with van der Waals surface area (Å²) in [5.41, 5.74) is 13.0. The Balaban J connectivity index is 1.72. The van der Waals surface area contributed by atoms with Crippen molar-refractivity contribution in [3.05, 3.63) is 81.9 Å². The maximum absolute atomic E-state index is 2.50. The first-order valence-corrected chi connectivity index (χ1v) is 14.8. The highest BCUT2D eigenvalue weighted by molar-refractivity contribution is 7.56. The molecular weight excluding hydrogens is 439 g/mol. The van der Waals surface area contributed by atoms with Crippen molar-refractivity contribution in [1.82, 2.24) is 0 Å². The van der Waals surface area contributed by atoms with Crippen LogP contribution in [0.1, 0.15) is 101 Å². The first-order chi connectivity index (χ1) is 16.6. The lowest BCUT2D eigenvalue weighted by Gasteiger charge is -2.33. The second kappa shape index (κ2) is 9.52. The molecule has 1 atom stereocenters. The largest absolute Gasteiger partial charge is 0.0614 e. The summed E-state index contributed by atoms with van der Waals surface area (Å²) < 4.78 is 0. The van der Waals surface area contributed by atoms with Crippen LogP contribution in [0.3, 0.4) is 0 Å². The van der Waals surface area contributed by atoms with Crippen LogP contribution in [0.4, 0.5) is 0 Å². The minimum Gasteiger partial charge on any atom is -0.0614 e. The number of fused-ring (bicyclic) bond motifs is 2. The van der Waals surface area contributed by atoms with E-state index in [0.717, 1.165) is 0 Å². The van der Waals surface area contributed by atoms with Crippen LogP contribution in [0.15, 0.2) is 48.5 Å². The van der Waals surface area contributed by atoms with Gasteiger partial charge in [-0.25, -0.2) is 0 Å². The Morgan fingerprint density at radius 3 is 1.89 bits per heavy atom. The smallest absolute Gasteiger partial charge is 0.00686 e. The van der Waals surface area contributed by atoms with Gasteiger partial charge in [0.1, 0.15) is 0 Å². The fourth-order valence-electron chi connectivity index (χ4n) is 6.49. The normalized spacial score (nSPS) is 16.4. The van der Waals surface area contributed by atoms with Crippen LogP contribution < -0.4 is 10.6 Å². The van der Waals surface area contributed by atoms with E-state index in [1.54, 1.807) is 44.2 Å². The highest BCUT2D eigenvalue weighted by Crippen LogP contribution is 2.40. The van der Waals surface area contributed by atoms with Gasteiger partial charge in [0.15, 0.2) is 0 Å². The minimum atomic E-state index is 0.118. The molecule has 2 aliphatic carbocycles. The molecule has 0 saturated heterocycles. The van der Waals surface area contributed by atoms with E-state index >= 15 is 0 Å². The van der Waals surface area contributed by atoms with E-state index in [4.69, 9.17) is 0 Å². The Hall–Kier alpha value is -1.91. The van der Waals surface area contributed by atoms with Gasteiger partial charge in [-0.15, -0.1) is 0 Å². The molecule has 3 aromatic rings. The van der Waals surface area contributed by atoms with Crippen molar-refractivity contribution in [2.75, 3.05) is 0 Å². The molecule has 0 fully saturated rings. The van der Waals surface area contributed by atoms with Crippen molar-refractivity contribution >= 4 is 19.2 Å². The van der Waals surface area contributed by atoms with Crippen molar-refractivity contribution in [2.24, 2.45) is 0 Å². The monoisotopic (exact) mass is 482 g/mol. The summed E-state index contributed by atoms with van der Waals surface area (Å²) in [5, 5.41) is 3.09. The Bertz CT molecular complexity index is 1230. The summed E-state index contributed by atoms with van der Waals surface area (Å²) >= 11 is 0. The molecule has 0 radical (unpaired) electrons. The lowest BCUT2D eigenvalue weighted by Crippen LogP contribution is -2.29. The molecule has 184 valence electrons. The molecule has 1 unspecified atom stereocenters. The summed E-state index contributed by atoms with van der Waals surface area (Å²) in [5.74, 6) is 0. The molecule has 35 heavy (non-hydrogen) atoms. The van der Waals surface area contributed by atoms with Crippen LogP contribution in [-0.4, -0.2) is 0 Å². The lowest BCUT2D eigenvalue weighted by atomic mass is 9.75. The van der Waals surface area contributed by atoms with E-state index in [-0.39, 0.29) is 10.8 Å². The van der Waals surface area contributed by atoms with Gasteiger partial charge >= 0.3 is 0 Å². The predicted molar refractivity (Wildman–Crippen MR) is 157 cm³/mol. The van der Waals surface area contributed by atoms with Crippen LogP contribution in [0.2, 0.25) is 0 Å². The van der Waals surface area contributed by atoms with Gasteiger partial charge < -0.3 is 0 Å². The summed E-state index contributed by atoms with van der Waals surface area (Å²) in [6, 6.07) is 19.2. The van der Waals surface area contributed by atoms with Crippen LogP contribution >= 0.6 is 8.58 Å². The Morgan fingerprint density at radius 2 is 1.20 bits per heavy atom. The number of aryl methyl sites for hydroxylation is 2. The molecule has 0 aliphatic heterocycles. The Morgan fingerprint density at radius 1 is 0.571 bits per heavy atom. The van der Waals surface area contributed by atoms with Gasteiger partial charge in [-0.3, -0.25) is 0 Å². The standard InChI is InChI=1S/C34H43P/c1-33(2,3)28-19-12-20-30(32(28)34(4,5)6)35-29-22-21-24-14-8-10-17-26(24)31(29)27-18-11-15-23-13-7-9-16-25(23)27/h11-12,15,18-22,35H,7-10,13-14,16-17H2,1-6H3. The molecule has 0 spiro atoms. The number of rotatable bonds is 3. The maximum Gasteiger partial charge on any atom is -0.00686 e. The first kappa shape index (κ1) is 24.8. The van der Waals surface area contributed by atoms with Gasteiger partial charge in [0.25, 0.3) is 0 Å². The van der Waals surface area contributed by atoms with Crippen molar-refractivity contribution in [1.29, 1.82) is 0 Å².